The van der Waals surface area contributed by atoms with Crippen LogP contribution in [0, 0.1) is 18.3 Å². The molecule has 2 aromatic rings. The highest BCUT2D eigenvalue weighted by molar-refractivity contribution is 6.24. The predicted molar refractivity (Wildman–Crippen MR) is 120 cm³/mol. The Hall–Kier alpha value is -2.13. The summed E-state index contributed by atoms with van der Waals surface area (Å²) in [4.78, 5) is 15.4. The number of aliphatic hydroxyl groups excluding tert-OH is 1. The van der Waals surface area contributed by atoms with Crippen LogP contribution in [0.2, 0.25) is 0 Å². The highest BCUT2D eigenvalue weighted by Gasteiger charge is 2.46. The molecule has 1 N–H and O–H groups in total. The summed E-state index contributed by atoms with van der Waals surface area (Å²) >= 11 is 6.81. The molecule has 2 aliphatic heterocycles. The Labute approximate surface area is 188 Å². The van der Waals surface area contributed by atoms with Crippen LogP contribution in [0.1, 0.15) is 65.8 Å². The lowest BCUT2D eigenvalue weighted by Gasteiger charge is -2.36. The van der Waals surface area contributed by atoms with Gasteiger partial charge in [0, 0.05) is 41.1 Å². The van der Waals surface area contributed by atoms with Crippen LogP contribution in [0.25, 0.3) is 5.69 Å². The lowest BCUT2D eigenvalue weighted by atomic mass is 9.81. The molecule has 0 radical (unpaired) electrons. The van der Waals surface area contributed by atoms with Gasteiger partial charge in [-0.1, -0.05) is 0 Å². The third kappa shape index (κ3) is 3.61. The highest BCUT2D eigenvalue weighted by Crippen LogP contribution is 2.42. The number of aromatic nitrogens is 1. The van der Waals surface area contributed by atoms with Gasteiger partial charge in [0.15, 0.2) is 5.78 Å². The van der Waals surface area contributed by atoms with Gasteiger partial charge in [-0.3, -0.25) is 9.69 Å². The number of hydrogen-bond donors (Lipinski definition) is 1. The summed E-state index contributed by atoms with van der Waals surface area (Å²) in [5.74, 6) is 0.106. The summed E-state index contributed by atoms with van der Waals surface area (Å²) in [7, 11) is 0. The number of ketones is 1. The summed E-state index contributed by atoms with van der Waals surface area (Å²) < 4.78 is 2.13. The molecule has 3 fully saturated rings. The molecular formula is C25H28ClN3O2. The molecule has 2 bridgehead atoms. The first kappa shape index (κ1) is 20.8. The zero-order valence-corrected chi connectivity index (χ0v) is 18.6. The molecule has 1 saturated carbocycles. The number of halogens is 1. The lowest BCUT2D eigenvalue weighted by Crippen LogP contribution is -2.36. The molecule has 2 saturated heterocycles. The summed E-state index contributed by atoms with van der Waals surface area (Å²) in [5.41, 5.74) is 4.25. The molecule has 5 rings (SSSR count). The maximum absolute atomic E-state index is 13.4. The largest absolute Gasteiger partial charge is 0.391 e. The first-order valence-corrected chi connectivity index (χ1v) is 11.6. The van der Waals surface area contributed by atoms with E-state index in [1.807, 2.05) is 37.3 Å². The molecule has 3 aliphatic rings. The van der Waals surface area contributed by atoms with Gasteiger partial charge in [-0.05, 0) is 75.8 Å². The molecule has 162 valence electrons. The third-order valence-corrected chi connectivity index (χ3v) is 8.11. The van der Waals surface area contributed by atoms with Crippen LogP contribution in [0.5, 0.6) is 0 Å². The second-order valence-corrected chi connectivity index (χ2v) is 10.3. The van der Waals surface area contributed by atoms with Gasteiger partial charge in [-0.2, -0.15) is 5.26 Å². The molecule has 5 nitrogen and oxygen atoms in total. The van der Waals surface area contributed by atoms with E-state index in [-0.39, 0.29) is 22.8 Å². The molecule has 1 aromatic carbocycles. The average molecular weight is 438 g/mol. The van der Waals surface area contributed by atoms with E-state index in [2.05, 4.69) is 15.5 Å². The van der Waals surface area contributed by atoms with E-state index in [0.29, 0.717) is 18.2 Å². The van der Waals surface area contributed by atoms with E-state index in [9.17, 15) is 9.90 Å². The number of alkyl halides is 1. The first-order valence-electron chi connectivity index (χ1n) is 11.3. The number of carbonyl (C=O) groups excluding carboxylic acids is 1. The molecule has 0 spiro atoms. The van der Waals surface area contributed by atoms with E-state index in [0.717, 1.165) is 67.6 Å². The minimum Gasteiger partial charge on any atom is -0.391 e. The maximum Gasteiger partial charge on any atom is 0.178 e. The first-order chi connectivity index (χ1) is 14.9. The number of carbonyl (C=O) groups is 1. The smallest absolute Gasteiger partial charge is 0.178 e. The summed E-state index contributed by atoms with van der Waals surface area (Å²) in [5, 5.41) is 19.4. The van der Waals surface area contributed by atoms with Crippen LogP contribution in [-0.4, -0.2) is 50.0 Å². The van der Waals surface area contributed by atoms with Crippen molar-refractivity contribution in [1.82, 2.24) is 9.47 Å². The molecule has 31 heavy (non-hydrogen) atoms. The van der Waals surface area contributed by atoms with Crippen molar-refractivity contribution < 1.29 is 9.90 Å². The van der Waals surface area contributed by atoms with Gasteiger partial charge in [-0.15, -0.1) is 11.6 Å². The molecule has 0 amide bonds. The highest BCUT2D eigenvalue weighted by atomic mass is 35.5. The number of aliphatic hydroxyl groups is 1. The number of rotatable bonds is 6. The molecule has 0 unspecified atom stereocenters. The summed E-state index contributed by atoms with van der Waals surface area (Å²) in [6.45, 7) is 2.35. The minimum atomic E-state index is -0.304. The summed E-state index contributed by atoms with van der Waals surface area (Å²) in [6, 6.07) is 12.1. The molecule has 3 atom stereocenters. The number of Topliss-reactive ketones (excluding diaryl/α,β-unsaturated/α-hetero) is 1. The van der Waals surface area contributed by atoms with Crippen molar-refractivity contribution in [3.8, 4) is 11.8 Å². The molecule has 6 heteroatoms. The Balaban J connectivity index is 1.48. The fraction of sp³-hybridized carbons (Fsp3) is 0.520. The van der Waals surface area contributed by atoms with Crippen molar-refractivity contribution in [3.05, 3.63) is 52.8 Å². The van der Waals surface area contributed by atoms with E-state index in [4.69, 9.17) is 16.9 Å². The standard InChI is InChI=1S/C25H28ClN3O2/c1-16-21(24(31)15-28-19-7-8-22(28)23(30)12-19)11-20(13-25(26)9-2-10-25)29(16)18-5-3-17(14-27)4-6-18/h3-6,11,19,22-23,30H,2,7-10,12-13,15H2,1H3/t19-,22+,23-/m1/s1. The van der Waals surface area contributed by atoms with E-state index < -0.39 is 0 Å². The van der Waals surface area contributed by atoms with Gasteiger partial charge in [0.05, 0.1) is 29.2 Å². The minimum absolute atomic E-state index is 0.106. The Morgan fingerprint density at radius 1 is 1.29 bits per heavy atom. The van der Waals surface area contributed by atoms with Gasteiger partial charge >= 0.3 is 0 Å². The number of nitriles is 1. The number of benzene rings is 1. The Bertz CT molecular complexity index is 1050. The van der Waals surface area contributed by atoms with Gasteiger partial charge in [0.1, 0.15) is 0 Å². The van der Waals surface area contributed by atoms with Crippen LogP contribution in [0.4, 0.5) is 0 Å². The van der Waals surface area contributed by atoms with Gasteiger partial charge in [-0.25, -0.2) is 0 Å². The van der Waals surface area contributed by atoms with Crippen molar-refractivity contribution in [3.63, 3.8) is 0 Å². The second-order valence-electron chi connectivity index (χ2n) is 9.51. The SMILES string of the molecule is Cc1c(C(=O)CN2[C@@H]3CC[C@H]2[C@H](O)C3)cc(CC2(Cl)CCC2)n1-c1ccc(C#N)cc1. The normalized spacial score (nSPS) is 26.6. The molecule has 1 aliphatic carbocycles. The fourth-order valence-electron chi connectivity index (χ4n) is 5.76. The van der Waals surface area contributed by atoms with Crippen molar-refractivity contribution in [1.29, 1.82) is 5.26 Å². The monoisotopic (exact) mass is 437 g/mol. The van der Waals surface area contributed by atoms with Crippen LogP contribution in [0.15, 0.2) is 30.3 Å². The average Bonchev–Trinajstić information content (AvgIpc) is 3.37. The number of hydrogen-bond acceptors (Lipinski definition) is 4. The Kier molecular flexibility index (Phi) is 5.21. The predicted octanol–water partition coefficient (Wildman–Crippen LogP) is 4.14. The van der Waals surface area contributed by atoms with Crippen LogP contribution in [-0.2, 0) is 6.42 Å². The van der Waals surface area contributed by atoms with Crippen LogP contribution < -0.4 is 0 Å². The van der Waals surface area contributed by atoms with E-state index >= 15 is 0 Å². The fourth-order valence-corrected chi connectivity index (χ4v) is 6.16. The number of nitrogens with zero attached hydrogens (tertiary/aromatic N) is 3. The van der Waals surface area contributed by atoms with Crippen molar-refractivity contribution in [2.24, 2.45) is 0 Å². The van der Waals surface area contributed by atoms with Crippen molar-refractivity contribution in [2.45, 2.75) is 74.9 Å². The van der Waals surface area contributed by atoms with E-state index in [1.165, 1.54) is 0 Å². The van der Waals surface area contributed by atoms with Gasteiger partial charge < -0.3 is 9.67 Å². The quantitative estimate of drug-likeness (QED) is 0.544. The third-order valence-electron chi connectivity index (χ3n) is 7.60. The molecule has 1 aromatic heterocycles. The van der Waals surface area contributed by atoms with Gasteiger partial charge in [0.25, 0.3) is 0 Å². The number of fused-ring (bicyclic) bond motifs is 2. The zero-order valence-electron chi connectivity index (χ0n) is 17.9. The van der Waals surface area contributed by atoms with E-state index in [1.54, 1.807) is 0 Å². The van der Waals surface area contributed by atoms with Crippen LogP contribution >= 0.6 is 11.6 Å². The Morgan fingerprint density at radius 3 is 2.58 bits per heavy atom. The maximum atomic E-state index is 13.4. The second kappa shape index (κ2) is 7.78. The summed E-state index contributed by atoms with van der Waals surface area (Å²) in [6.07, 6.45) is 6.37. The van der Waals surface area contributed by atoms with Crippen molar-refractivity contribution in [2.75, 3.05) is 6.54 Å². The van der Waals surface area contributed by atoms with Crippen molar-refractivity contribution >= 4 is 17.4 Å². The molecular weight excluding hydrogens is 410 g/mol. The zero-order chi connectivity index (χ0) is 21.8. The topological polar surface area (TPSA) is 69.3 Å². The van der Waals surface area contributed by atoms with Gasteiger partial charge in [0.2, 0.25) is 0 Å². The van der Waals surface area contributed by atoms with Crippen LogP contribution in [0.3, 0.4) is 0 Å². The Morgan fingerprint density at radius 2 is 2.03 bits per heavy atom. The lowest BCUT2D eigenvalue weighted by molar-refractivity contribution is 0.0873. The molecule has 3 heterocycles.